The standard InChI is InChI=1S/C3HF5O.Na/c4-2(5)1(9)3(6,7)8;/h9H;/q;+1/p-1. The molecule has 0 saturated carbocycles. The maximum atomic E-state index is 10.8. The van der Waals surface area contributed by atoms with Crippen LogP contribution in [0.1, 0.15) is 0 Å². The Kier molecular flexibility index (Phi) is 5.32. The molecule has 10 heavy (non-hydrogen) atoms. The van der Waals surface area contributed by atoms with E-state index in [0.29, 0.717) is 0 Å². The van der Waals surface area contributed by atoms with Gasteiger partial charge in [-0.15, -0.1) is 0 Å². The zero-order valence-electron chi connectivity index (χ0n) is 4.80. The fourth-order valence-corrected chi connectivity index (χ4v) is 0.107. The second-order valence-corrected chi connectivity index (χ2v) is 1.09. The van der Waals surface area contributed by atoms with Crippen LogP contribution in [-0.4, -0.2) is 6.18 Å². The van der Waals surface area contributed by atoms with Crippen LogP contribution in [0.25, 0.3) is 0 Å². The third-order valence-corrected chi connectivity index (χ3v) is 0.429. The molecule has 0 aromatic rings. The molecule has 0 aromatic heterocycles. The molecule has 0 aromatic carbocycles. The Morgan fingerprint density at radius 3 is 1.40 bits per heavy atom. The molecule has 0 rings (SSSR count). The summed E-state index contributed by atoms with van der Waals surface area (Å²) in [5, 5.41) is 9.25. The van der Waals surface area contributed by atoms with Crippen molar-refractivity contribution in [3.8, 4) is 0 Å². The molecule has 0 bridgehead atoms. The fraction of sp³-hybridized carbons (Fsp3) is 0.333. The van der Waals surface area contributed by atoms with Crippen molar-refractivity contribution >= 4 is 0 Å². The molecule has 0 spiro atoms. The van der Waals surface area contributed by atoms with Gasteiger partial charge in [0.15, 0.2) is 0 Å². The normalized spacial score (nSPS) is 10.1. The van der Waals surface area contributed by atoms with Crippen molar-refractivity contribution in [1.29, 1.82) is 0 Å². The van der Waals surface area contributed by atoms with Gasteiger partial charge in [0.05, 0.1) is 0 Å². The van der Waals surface area contributed by atoms with Crippen LogP contribution >= 0.6 is 0 Å². The Bertz CT molecular complexity index is 134. The zero-order valence-corrected chi connectivity index (χ0v) is 6.80. The molecule has 0 atom stereocenters. The quantitative estimate of drug-likeness (QED) is 0.235. The van der Waals surface area contributed by atoms with Crippen molar-refractivity contribution in [1.82, 2.24) is 0 Å². The summed E-state index contributed by atoms with van der Waals surface area (Å²) in [5.41, 5.74) is 0. The molecule has 1 nitrogen and oxygen atoms in total. The smallest absolute Gasteiger partial charge is 0.866 e. The average molecular weight is 170 g/mol. The van der Waals surface area contributed by atoms with Gasteiger partial charge in [0.25, 0.3) is 6.08 Å². The van der Waals surface area contributed by atoms with Crippen LogP contribution in [0.2, 0.25) is 0 Å². The molecule has 0 aliphatic heterocycles. The average Bonchev–Trinajstić information content (AvgIpc) is 1.62. The van der Waals surface area contributed by atoms with Crippen LogP contribution < -0.4 is 34.7 Å². The Morgan fingerprint density at radius 1 is 1.10 bits per heavy atom. The first kappa shape index (κ1) is 12.8. The minimum absolute atomic E-state index is 0. The molecule has 54 valence electrons. The van der Waals surface area contributed by atoms with Crippen molar-refractivity contribution in [3.63, 3.8) is 0 Å². The number of allylic oxidation sites excluding steroid dienone is 1. The van der Waals surface area contributed by atoms with Gasteiger partial charge in [0, 0.05) is 5.76 Å². The minimum Gasteiger partial charge on any atom is -0.866 e. The molecule has 0 heterocycles. The number of halogens is 5. The van der Waals surface area contributed by atoms with E-state index in [1.54, 1.807) is 0 Å². The predicted molar refractivity (Wildman–Crippen MR) is 15.3 cm³/mol. The van der Waals surface area contributed by atoms with Crippen LogP contribution in [0.5, 0.6) is 0 Å². The topological polar surface area (TPSA) is 23.1 Å². The van der Waals surface area contributed by atoms with Crippen molar-refractivity contribution in [2.75, 3.05) is 0 Å². The van der Waals surface area contributed by atoms with Gasteiger partial charge in [-0.3, -0.25) is 0 Å². The Balaban J connectivity index is 0. The van der Waals surface area contributed by atoms with E-state index in [1.165, 1.54) is 0 Å². The third-order valence-electron chi connectivity index (χ3n) is 0.429. The van der Waals surface area contributed by atoms with E-state index in [4.69, 9.17) is 0 Å². The van der Waals surface area contributed by atoms with Crippen molar-refractivity contribution < 1.29 is 56.6 Å². The molecule has 7 heteroatoms. The largest absolute Gasteiger partial charge is 1.00 e. The minimum atomic E-state index is -5.45. The zero-order chi connectivity index (χ0) is 7.65. The Morgan fingerprint density at radius 2 is 1.40 bits per heavy atom. The molecular weight excluding hydrogens is 170 g/mol. The van der Waals surface area contributed by atoms with Crippen molar-refractivity contribution in [2.24, 2.45) is 0 Å². The first-order valence-electron chi connectivity index (χ1n) is 1.65. The summed E-state index contributed by atoms with van der Waals surface area (Å²) in [4.78, 5) is 0. The summed E-state index contributed by atoms with van der Waals surface area (Å²) in [7, 11) is 0. The summed E-state index contributed by atoms with van der Waals surface area (Å²) in [6.07, 6.45) is -8.68. The first-order chi connectivity index (χ1) is 3.85. The van der Waals surface area contributed by atoms with Gasteiger partial charge in [-0.2, -0.15) is 22.0 Å². The van der Waals surface area contributed by atoms with Gasteiger partial charge in [0.2, 0.25) is 0 Å². The van der Waals surface area contributed by atoms with Gasteiger partial charge in [-0.1, -0.05) is 0 Å². The summed E-state index contributed by atoms with van der Waals surface area (Å²) in [6, 6.07) is 0. The van der Waals surface area contributed by atoms with Gasteiger partial charge in [0.1, 0.15) is 0 Å². The van der Waals surface area contributed by atoms with E-state index in [9.17, 15) is 27.1 Å². The number of alkyl halides is 3. The van der Waals surface area contributed by atoms with Crippen LogP contribution in [0.4, 0.5) is 22.0 Å². The van der Waals surface area contributed by atoms with Gasteiger partial charge < -0.3 is 5.11 Å². The van der Waals surface area contributed by atoms with Gasteiger partial charge >= 0.3 is 35.7 Å². The second kappa shape index (κ2) is 4.15. The maximum absolute atomic E-state index is 10.8. The third kappa shape index (κ3) is 4.08. The second-order valence-electron chi connectivity index (χ2n) is 1.09. The predicted octanol–water partition coefficient (Wildman–Crippen LogP) is -1.98. The van der Waals surface area contributed by atoms with E-state index in [2.05, 4.69) is 0 Å². The SMILES string of the molecule is [Na+].[O-]C(=C(F)F)C(F)(F)F. The molecule has 0 aliphatic rings. The molecule has 0 N–H and O–H groups in total. The monoisotopic (exact) mass is 170 g/mol. The molecule has 0 radical (unpaired) electrons. The Labute approximate surface area is 74.8 Å². The summed E-state index contributed by atoms with van der Waals surface area (Å²) >= 11 is 0. The molecule has 0 amide bonds. The maximum Gasteiger partial charge on any atom is 1.00 e. The van der Waals surface area contributed by atoms with E-state index < -0.39 is 18.0 Å². The summed E-state index contributed by atoms with van der Waals surface area (Å²) < 4.78 is 54.1. The Hall–Kier alpha value is 0.190. The number of hydrogen-bond acceptors (Lipinski definition) is 1. The molecule has 0 unspecified atom stereocenters. The van der Waals surface area contributed by atoms with E-state index in [0.717, 1.165) is 0 Å². The summed E-state index contributed by atoms with van der Waals surface area (Å²) in [6.45, 7) is 0. The first-order valence-corrected chi connectivity index (χ1v) is 1.65. The van der Waals surface area contributed by atoms with Gasteiger partial charge in [-0.05, 0) is 0 Å². The van der Waals surface area contributed by atoms with Crippen molar-refractivity contribution in [2.45, 2.75) is 6.18 Å². The molecule has 0 fully saturated rings. The number of rotatable bonds is 0. The number of hydrogen-bond donors (Lipinski definition) is 0. The summed E-state index contributed by atoms with van der Waals surface area (Å²) in [5.74, 6) is -3.08. The molecule has 0 saturated heterocycles. The van der Waals surface area contributed by atoms with Crippen LogP contribution in [0, 0.1) is 0 Å². The fourth-order valence-electron chi connectivity index (χ4n) is 0.107. The van der Waals surface area contributed by atoms with Crippen LogP contribution in [0.15, 0.2) is 11.8 Å². The van der Waals surface area contributed by atoms with Gasteiger partial charge in [-0.25, -0.2) is 0 Å². The van der Waals surface area contributed by atoms with Crippen molar-refractivity contribution in [3.05, 3.63) is 11.8 Å². The molecular formula is C3F5NaO. The molecule has 0 aliphatic carbocycles. The van der Waals surface area contributed by atoms with E-state index >= 15 is 0 Å². The van der Waals surface area contributed by atoms with Crippen LogP contribution in [0.3, 0.4) is 0 Å². The van der Waals surface area contributed by atoms with Crippen LogP contribution in [-0.2, 0) is 0 Å². The van der Waals surface area contributed by atoms with E-state index in [1.807, 2.05) is 0 Å². The van der Waals surface area contributed by atoms with E-state index in [-0.39, 0.29) is 29.6 Å².